The van der Waals surface area contributed by atoms with Gasteiger partial charge >= 0.3 is 6.03 Å². The molecular formula is C45H40N6O6S. The van der Waals surface area contributed by atoms with E-state index in [9.17, 15) is 15.0 Å². The minimum absolute atomic E-state index is 0.0374. The number of aliphatic hydroxyl groups is 1. The van der Waals surface area contributed by atoms with Crippen LogP contribution in [0.4, 0.5) is 10.5 Å². The molecule has 4 N–H and O–H groups in total. The number of para-hydroxylation sites is 1. The molecule has 0 unspecified atom stereocenters. The number of hydrogen-bond donors (Lipinski definition) is 4. The number of phenols is 1. The highest BCUT2D eigenvalue weighted by molar-refractivity contribution is 7.99. The normalized spacial score (nSPS) is 16.4. The number of benzene rings is 6. The lowest BCUT2D eigenvalue weighted by molar-refractivity contribution is -0.245. The minimum Gasteiger partial charge on any atom is -0.508 e. The van der Waals surface area contributed by atoms with Crippen LogP contribution in [0.25, 0.3) is 16.8 Å². The van der Waals surface area contributed by atoms with Crippen molar-refractivity contribution in [3.05, 3.63) is 174 Å². The third-order valence-electron chi connectivity index (χ3n) is 9.51. The van der Waals surface area contributed by atoms with Gasteiger partial charge in [0.15, 0.2) is 6.29 Å². The minimum atomic E-state index is -0.664. The van der Waals surface area contributed by atoms with Crippen molar-refractivity contribution in [2.45, 2.75) is 43.2 Å². The largest absolute Gasteiger partial charge is 0.508 e. The summed E-state index contributed by atoms with van der Waals surface area (Å²) in [6, 6.07) is 47.0. The van der Waals surface area contributed by atoms with E-state index in [2.05, 4.69) is 38.3 Å². The molecule has 0 aliphatic carbocycles. The highest BCUT2D eigenvalue weighted by Gasteiger charge is 2.33. The number of phenolic OH excluding ortho intramolecular Hbond substituents is 1. The molecule has 8 rings (SSSR count). The molecule has 1 aromatic heterocycles. The van der Waals surface area contributed by atoms with Gasteiger partial charge in [0.2, 0.25) is 5.16 Å². The van der Waals surface area contributed by atoms with Gasteiger partial charge in [-0.1, -0.05) is 90.6 Å². The molecule has 2 amide bonds. The summed E-state index contributed by atoms with van der Waals surface area (Å²) in [5.41, 5.74) is 6.95. The number of aromatic nitrogens is 4. The third kappa shape index (κ3) is 9.71. The Morgan fingerprint density at radius 1 is 0.776 bits per heavy atom. The Balaban J connectivity index is 0.933. The van der Waals surface area contributed by atoms with Gasteiger partial charge in [-0.3, -0.25) is 0 Å². The Kier molecular flexibility index (Phi) is 12.0. The van der Waals surface area contributed by atoms with Crippen molar-refractivity contribution in [1.29, 1.82) is 0 Å². The van der Waals surface area contributed by atoms with Gasteiger partial charge in [0, 0.05) is 30.0 Å². The van der Waals surface area contributed by atoms with E-state index >= 15 is 0 Å². The zero-order chi connectivity index (χ0) is 39.7. The number of urea groups is 1. The number of hydrogen-bond acceptors (Lipinski definition) is 10. The third-order valence-corrected chi connectivity index (χ3v) is 10.6. The maximum absolute atomic E-state index is 12.8. The Bertz CT molecular complexity index is 2430. The van der Waals surface area contributed by atoms with Gasteiger partial charge in [0.1, 0.15) is 17.2 Å². The topological polar surface area (TPSA) is 153 Å². The second-order valence-electron chi connectivity index (χ2n) is 13.6. The van der Waals surface area contributed by atoms with Crippen LogP contribution in [0.2, 0.25) is 0 Å². The molecule has 1 aliphatic rings. The molecule has 2 heterocycles. The first-order valence-electron chi connectivity index (χ1n) is 18.7. The molecule has 6 aromatic carbocycles. The molecule has 292 valence electrons. The molecule has 3 atom stereocenters. The van der Waals surface area contributed by atoms with Gasteiger partial charge in [-0.05, 0) is 111 Å². The predicted octanol–water partition coefficient (Wildman–Crippen LogP) is 8.98. The van der Waals surface area contributed by atoms with E-state index in [4.69, 9.17) is 14.2 Å². The molecule has 0 spiro atoms. The van der Waals surface area contributed by atoms with Gasteiger partial charge < -0.3 is 35.1 Å². The van der Waals surface area contributed by atoms with E-state index in [1.54, 1.807) is 41.1 Å². The molecule has 7 aromatic rings. The smallest absolute Gasteiger partial charge is 0.319 e. The van der Waals surface area contributed by atoms with Crippen LogP contribution in [0, 0.1) is 0 Å². The monoisotopic (exact) mass is 792 g/mol. The van der Waals surface area contributed by atoms with Crippen molar-refractivity contribution in [2.75, 3.05) is 11.1 Å². The number of rotatable bonds is 13. The predicted molar refractivity (Wildman–Crippen MR) is 221 cm³/mol. The number of aromatic hydroxyl groups is 1. The van der Waals surface area contributed by atoms with Crippen molar-refractivity contribution in [1.82, 2.24) is 25.5 Å². The summed E-state index contributed by atoms with van der Waals surface area (Å²) in [5.74, 6) is 2.13. The molecule has 1 aliphatic heterocycles. The Morgan fingerprint density at radius 3 is 2.29 bits per heavy atom. The van der Waals surface area contributed by atoms with Crippen LogP contribution in [0.1, 0.15) is 41.1 Å². The van der Waals surface area contributed by atoms with Crippen LogP contribution >= 0.6 is 11.8 Å². The maximum Gasteiger partial charge on any atom is 0.319 e. The summed E-state index contributed by atoms with van der Waals surface area (Å²) in [6.45, 7) is 0.291. The lowest BCUT2D eigenvalue weighted by atomic mass is 9.99. The molecule has 0 radical (unpaired) electrons. The van der Waals surface area contributed by atoms with Crippen LogP contribution in [0.15, 0.2) is 157 Å². The second kappa shape index (κ2) is 18.2. The van der Waals surface area contributed by atoms with Crippen LogP contribution in [-0.4, -0.2) is 48.3 Å². The van der Waals surface area contributed by atoms with E-state index in [0.29, 0.717) is 35.3 Å². The molecule has 13 heteroatoms. The van der Waals surface area contributed by atoms with Crippen molar-refractivity contribution >= 4 is 23.5 Å². The lowest BCUT2D eigenvalue weighted by Gasteiger charge is -2.36. The molecule has 58 heavy (non-hydrogen) atoms. The summed E-state index contributed by atoms with van der Waals surface area (Å²) in [6.07, 6.45) is -0.558. The van der Waals surface area contributed by atoms with E-state index in [0.717, 1.165) is 44.8 Å². The summed E-state index contributed by atoms with van der Waals surface area (Å²) >= 11 is 1.48. The summed E-state index contributed by atoms with van der Waals surface area (Å²) in [7, 11) is 0. The molecular weight excluding hydrogens is 753 g/mol. The van der Waals surface area contributed by atoms with E-state index < -0.39 is 6.29 Å². The van der Waals surface area contributed by atoms with Gasteiger partial charge in [-0.2, -0.15) is 4.68 Å². The Morgan fingerprint density at radius 2 is 1.52 bits per heavy atom. The van der Waals surface area contributed by atoms with Gasteiger partial charge in [-0.15, -0.1) is 5.10 Å². The van der Waals surface area contributed by atoms with Crippen LogP contribution in [0.5, 0.6) is 17.2 Å². The number of tetrazole rings is 1. The maximum atomic E-state index is 12.8. The molecule has 0 saturated carbocycles. The fourth-order valence-electron chi connectivity index (χ4n) is 6.53. The standard InChI is InChI=1S/C45H40N6O6S/c52-28-30-12-14-32(15-13-30)42-26-41(29-58-45-48-49-50-51(45)37-18-20-38(53)21-19-37)56-43(57-42)35-9-5-8-34(25-35)33-7-4-6-31(24-33)27-46-44(54)47-36-16-22-40(23-17-36)55-39-10-2-1-3-11-39/h1-25,41-43,52-53H,26-29H2,(H2,46,47,54)/t41-,42+,43+/m1/s1. The number of nitrogens with zero attached hydrogens (tertiary/aromatic N) is 4. The van der Waals surface area contributed by atoms with Crippen LogP contribution < -0.4 is 15.4 Å². The molecule has 12 nitrogen and oxygen atoms in total. The number of anilines is 1. The quantitative estimate of drug-likeness (QED) is 0.0833. The Hall–Kier alpha value is -6.51. The average Bonchev–Trinajstić information content (AvgIpc) is 3.75. The van der Waals surface area contributed by atoms with Crippen molar-refractivity contribution in [2.24, 2.45) is 0 Å². The second-order valence-corrected chi connectivity index (χ2v) is 14.6. The zero-order valence-electron chi connectivity index (χ0n) is 31.2. The zero-order valence-corrected chi connectivity index (χ0v) is 32.0. The van der Waals surface area contributed by atoms with Crippen molar-refractivity contribution in [3.8, 4) is 34.1 Å². The van der Waals surface area contributed by atoms with Gasteiger partial charge in [-0.25, -0.2) is 4.79 Å². The number of carbonyl (C=O) groups excluding carboxylic acids is 1. The average molecular weight is 793 g/mol. The van der Waals surface area contributed by atoms with Gasteiger partial charge in [0.25, 0.3) is 0 Å². The van der Waals surface area contributed by atoms with Crippen LogP contribution in [0.3, 0.4) is 0 Å². The number of nitrogens with one attached hydrogen (secondary N) is 2. The molecule has 1 fully saturated rings. The van der Waals surface area contributed by atoms with Crippen LogP contribution in [-0.2, 0) is 22.6 Å². The van der Waals surface area contributed by atoms with Crippen molar-refractivity contribution < 1.29 is 29.2 Å². The van der Waals surface area contributed by atoms with Crippen molar-refractivity contribution in [3.63, 3.8) is 0 Å². The number of amides is 2. The van der Waals surface area contributed by atoms with E-state index in [1.807, 2.05) is 103 Å². The summed E-state index contributed by atoms with van der Waals surface area (Å²) in [5, 5.41) is 38.1. The van der Waals surface area contributed by atoms with Gasteiger partial charge in [0.05, 0.1) is 24.5 Å². The fraction of sp³-hybridized carbons (Fsp3) is 0.156. The number of thioether (sulfide) groups is 1. The fourth-order valence-corrected chi connectivity index (χ4v) is 7.44. The first-order valence-corrected chi connectivity index (χ1v) is 19.7. The highest BCUT2D eigenvalue weighted by atomic mass is 32.2. The highest BCUT2D eigenvalue weighted by Crippen LogP contribution is 2.40. The summed E-state index contributed by atoms with van der Waals surface area (Å²) < 4.78 is 20.8. The first-order chi connectivity index (χ1) is 28.5. The number of carbonyl (C=O) groups is 1. The van der Waals surface area contributed by atoms with E-state index in [1.165, 1.54) is 11.8 Å². The van der Waals surface area contributed by atoms with E-state index in [-0.39, 0.29) is 30.6 Å². The lowest BCUT2D eigenvalue weighted by Crippen LogP contribution is -2.31. The first kappa shape index (κ1) is 38.4. The SMILES string of the molecule is O=C(NCc1cccc(-c2cccc([C@H]3O[C@@H](CSc4nnnn4-c4ccc(O)cc4)C[C@@H](c4ccc(CO)cc4)O3)c2)c1)Nc1ccc(Oc2ccccc2)cc1. The number of aliphatic hydroxyl groups excluding tert-OH is 1. The Labute approximate surface area is 339 Å². The molecule has 1 saturated heterocycles. The number of ether oxygens (including phenoxy) is 3. The molecule has 0 bridgehead atoms. The summed E-state index contributed by atoms with van der Waals surface area (Å²) in [4.78, 5) is 12.8.